The number of hydrogen-bond donors (Lipinski definition) is 1. The van der Waals surface area contributed by atoms with Crippen LogP contribution in [0.1, 0.15) is 74.1 Å². The molecule has 1 fully saturated rings. The van der Waals surface area contributed by atoms with Gasteiger partial charge >= 0.3 is 5.97 Å². The van der Waals surface area contributed by atoms with Crippen molar-refractivity contribution in [2.24, 2.45) is 0 Å². The number of ether oxygens (including phenoxy) is 1. The van der Waals surface area contributed by atoms with Gasteiger partial charge in [-0.2, -0.15) is 0 Å². The molecule has 0 spiro atoms. The van der Waals surface area contributed by atoms with Gasteiger partial charge in [0, 0.05) is 12.0 Å². The fourth-order valence-corrected chi connectivity index (χ4v) is 5.29. The number of benzene rings is 3. The average molecular weight is 483 g/mol. The van der Waals surface area contributed by atoms with Crippen LogP contribution in [0.4, 0.5) is 0 Å². The minimum Gasteiger partial charge on any atom is -0.462 e. The second-order valence-electron chi connectivity index (χ2n) is 9.99. The molecule has 0 bridgehead atoms. The molecule has 188 valence electrons. The van der Waals surface area contributed by atoms with Crippen LogP contribution < -0.4 is 0 Å². The summed E-state index contributed by atoms with van der Waals surface area (Å²) in [5.41, 5.74) is 9.83. The SMILES string of the molecule is C=C(C)C(=O)OCCc1cc(-c2ccc(-c3ccc(C4CCCCC4)cc3)cc2CC)ccc1CO. The quantitative estimate of drug-likeness (QED) is 0.250. The van der Waals surface area contributed by atoms with Crippen molar-refractivity contribution in [3.05, 3.63) is 95.1 Å². The zero-order valence-corrected chi connectivity index (χ0v) is 21.7. The fraction of sp³-hybridized carbons (Fsp3) is 0.364. The molecule has 1 aliphatic carbocycles. The first kappa shape index (κ1) is 25.9. The second-order valence-corrected chi connectivity index (χ2v) is 9.99. The van der Waals surface area contributed by atoms with E-state index in [1.54, 1.807) is 6.92 Å². The third-order valence-electron chi connectivity index (χ3n) is 7.45. The molecule has 3 aromatic carbocycles. The van der Waals surface area contributed by atoms with Crippen molar-refractivity contribution in [3.63, 3.8) is 0 Å². The number of rotatable bonds is 9. The highest BCUT2D eigenvalue weighted by atomic mass is 16.5. The number of esters is 1. The van der Waals surface area contributed by atoms with E-state index in [0.29, 0.717) is 12.0 Å². The van der Waals surface area contributed by atoms with Gasteiger partial charge in [0.25, 0.3) is 0 Å². The van der Waals surface area contributed by atoms with Gasteiger partial charge in [0.05, 0.1) is 13.2 Å². The summed E-state index contributed by atoms with van der Waals surface area (Å²) in [7, 11) is 0. The zero-order chi connectivity index (χ0) is 25.5. The molecule has 0 aliphatic heterocycles. The Hall–Kier alpha value is -3.17. The van der Waals surface area contributed by atoms with E-state index < -0.39 is 0 Å². The Labute approximate surface area is 215 Å². The number of carbonyl (C=O) groups is 1. The maximum Gasteiger partial charge on any atom is 0.333 e. The van der Waals surface area contributed by atoms with Crippen LogP contribution >= 0.6 is 0 Å². The maximum absolute atomic E-state index is 11.7. The molecule has 0 heterocycles. The molecule has 3 heteroatoms. The monoisotopic (exact) mass is 482 g/mol. The Morgan fingerprint density at radius 3 is 2.22 bits per heavy atom. The van der Waals surface area contributed by atoms with Gasteiger partial charge in [-0.05, 0) is 76.6 Å². The number of aliphatic hydroxyl groups excluding tert-OH is 1. The van der Waals surface area contributed by atoms with Crippen LogP contribution in [0.2, 0.25) is 0 Å². The Bertz CT molecular complexity index is 1200. The van der Waals surface area contributed by atoms with Gasteiger partial charge in [-0.1, -0.05) is 93.4 Å². The Morgan fingerprint density at radius 2 is 1.56 bits per heavy atom. The standard InChI is InChI=1S/C33H38O3/c1-4-24-20-28(27-12-10-26(11-13-27)25-8-6-5-7-9-25)16-17-32(24)30-14-15-31(22-34)29(21-30)18-19-36-33(35)23(2)3/h10-17,20-21,25,34H,2,4-9,18-19,22H2,1,3H3. The summed E-state index contributed by atoms with van der Waals surface area (Å²) in [6.07, 6.45) is 8.21. The number of aryl methyl sites for hydroxylation is 1. The van der Waals surface area contributed by atoms with E-state index in [1.165, 1.54) is 59.9 Å². The lowest BCUT2D eigenvalue weighted by Gasteiger charge is -2.22. The minimum absolute atomic E-state index is 0.0412. The average Bonchev–Trinajstić information content (AvgIpc) is 2.93. The van der Waals surface area contributed by atoms with Crippen LogP contribution in [0.15, 0.2) is 72.8 Å². The first-order valence-corrected chi connectivity index (χ1v) is 13.3. The largest absolute Gasteiger partial charge is 0.462 e. The minimum atomic E-state index is -0.382. The van der Waals surface area contributed by atoms with E-state index >= 15 is 0 Å². The predicted molar refractivity (Wildman–Crippen MR) is 148 cm³/mol. The van der Waals surface area contributed by atoms with Gasteiger partial charge in [-0.15, -0.1) is 0 Å². The van der Waals surface area contributed by atoms with Crippen molar-refractivity contribution in [2.45, 2.75) is 71.3 Å². The summed E-state index contributed by atoms with van der Waals surface area (Å²) >= 11 is 0. The van der Waals surface area contributed by atoms with Gasteiger partial charge in [-0.25, -0.2) is 4.79 Å². The van der Waals surface area contributed by atoms with Crippen LogP contribution in [0, 0.1) is 0 Å². The summed E-state index contributed by atoms with van der Waals surface area (Å²) in [6.45, 7) is 7.68. The van der Waals surface area contributed by atoms with Crippen LogP contribution in [0.5, 0.6) is 0 Å². The van der Waals surface area contributed by atoms with E-state index in [9.17, 15) is 9.90 Å². The normalized spacial score (nSPS) is 14.0. The van der Waals surface area contributed by atoms with Gasteiger partial charge in [0.1, 0.15) is 0 Å². The summed E-state index contributed by atoms with van der Waals surface area (Å²) in [5.74, 6) is 0.342. The molecule has 3 nitrogen and oxygen atoms in total. The molecular formula is C33H38O3. The van der Waals surface area contributed by atoms with Crippen LogP contribution in [-0.2, 0) is 29.0 Å². The summed E-state index contributed by atoms with van der Waals surface area (Å²) in [5, 5.41) is 9.82. The highest BCUT2D eigenvalue weighted by Gasteiger charge is 2.16. The van der Waals surface area contributed by atoms with Gasteiger partial charge in [0.2, 0.25) is 0 Å². The molecule has 0 saturated heterocycles. The predicted octanol–water partition coefficient (Wildman–Crippen LogP) is 7.78. The Balaban J connectivity index is 1.55. The molecule has 0 aromatic heterocycles. The number of hydrogen-bond acceptors (Lipinski definition) is 3. The lowest BCUT2D eigenvalue weighted by atomic mass is 9.83. The lowest BCUT2D eigenvalue weighted by molar-refractivity contribution is -0.138. The van der Waals surface area contributed by atoms with Crippen LogP contribution in [0.25, 0.3) is 22.3 Å². The lowest BCUT2D eigenvalue weighted by Crippen LogP contribution is -2.09. The highest BCUT2D eigenvalue weighted by molar-refractivity contribution is 5.86. The van der Waals surface area contributed by atoms with Crippen molar-refractivity contribution < 1.29 is 14.6 Å². The van der Waals surface area contributed by atoms with E-state index in [4.69, 9.17) is 4.74 Å². The van der Waals surface area contributed by atoms with E-state index in [-0.39, 0.29) is 19.2 Å². The van der Waals surface area contributed by atoms with Gasteiger partial charge < -0.3 is 9.84 Å². The van der Waals surface area contributed by atoms with Crippen molar-refractivity contribution in [1.82, 2.24) is 0 Å². The van der Waals surface area contributed by atoms with Crippen molar-refractivity contribution >= 4 is 5.97 Å². The molecule has 1 N–H and O–H groups in total. The molecule has 0 unspecified atom stereocenters. The van der Waals surface area contributed by atoms with E-state index in [0.717, 1.165) is 29.0 Å². The molecule has 0 amide bonds. The molecule has 0 radical (unpaired) electrons. The smallest absolute Gasteiger partial charge is 0.333 e. The molecular weight excluding hydrogens is 444 g/mol. The molecule has 1 saturated carbocycles. The molecule has 4 rings (SSSR count). The highest BCUT2D eigenvalue weighted by Crippen LogP contribution is 2.35. The molecule has 0 atom stereocenters. The van der Waals surface area contributed by atoms with Gasteiger partial charge in [0.15, 0.2) is 0 Å². The first-order chi connectivity index (χ1) is 17.5. The van der Waals surface area contributed by atoms with Crippen molar-refractivity contribution in [2.75, 3.05) is 6.61 Å². The zero-order valence-electron chi connectivity index (χ0n) is 21.7. The fourth-order valence-electron chi connectivity index (χ4n) is 5.29. The summed E-state index contributed by atoms with van der Waals surface area (Å²) < 4.78 is 5.29. The number of carbonyl (C=O) groups excluding carboxylic acids is 1. The number of aliphatic hydroxyl groups is 1. The van der Waals surface area contributed by atoms with E-state index in [2.05, 4.69) is 68.1 Å². The maximum atomic E-state index is 11.7. The third kappa shape index (κ3) is 6.14. The molecule has 3 aromatic rings. The Kier molecular flexibility index (Phi) is 8.77. The van der Waals surface area contributed by atoms with Crippen LogP contribution in [-0.4, -0.2) is 17.7 Å². The summed E-state index contributed by atoms with van der Waals surface area (Å²) in [4.78, 5) is 11.7. The van der Waals surface area contributed by atoms with E-state index in [1.807, 2.05) is 6.07 Å². The van der Waals surface area contributed by atoms with Gasteiger partial charge in [-0.3, -0.25) is 0 Å². The second kappa shape index (κ2) is 12.2. The first-order valence-electron chi connectivity index (χ1n) is 13.3. The topological polar surface area (TPSA) is 46.5 Å². The Morgan fingerprint density at radius 1 is 0.889 bits per heavy atom. The third-order valence-corrected chi connectivity index (χ3v) is 7.45. The van der Waals surface area contributed by atoms with Crippen LogP contribution in [0.3, 0.4) is 0 Å². The molecule has 36 heavy (non-hydrogen) atoms. The molecule has 1 aliphatic rings. The van der Waals surface area contributed by atoms with Crippen molar-refractivity contribution in [3.8, 4) is 22.3 Å². The summed E-state index contributed by atoms with van der Waals surface area (Å²) in [6, 6.07) is 22.1. The van der Waals surface area contributed by atoms with Crippen molar-refractivity contribution in [1.29, 1.82) is 0 Å².